The van der Waals surface area contributed by atoms with Crippen molar-refractivity contribution >= 4 is 23.5 Å². The maximum absolute atomic E-state index is 13.3. The van der Waals surface area contributed by atoms with Gasteiger partial charge >= 0.3 is 0 Å². The molecule has 0 saturated heterocycles. The van der Waals surface area contributed by atoms with Crippen LogP contribution in [0.2, 0.25) is 0 Å². The van der Waals surface area contributed by atoms with Crippen LogP contribution in [0.15, 0.2) is 77.8 Å². The average molecular weight is 441 g/mol. The number of anilines is 1. The molecule has 3 atom stereocenters. The smallest absolute Gasteiger partial charge is 0.259 e. The minimum absolute atomic E-state index is 0.101. The predicted molar refractivity (Wildman–Crippen MR) is 127 cm³/mol. The summed E-state index contributed by atoms with van der Waals surface area (Å²) in [7, 11) is 0. The normalized spacial score (nSPS) is 23.3. The number of nitrogens with two attached hydrogens (primary N) is 1. The average Bonchev–Trinajstić information content (AvgIpc) is 3.11. The molecule has 0 radical (unpaired) electrons. The molecule has 0 aromatic heterocycles. The van der Waals surface area contributed by atoms with E-state index in [-0.39, 0.29) is 29.8 Å². The lowest BCUT2D eigenvalue weighted by molar-refractivity contribution is -0.128. The first-order chi connectivity index (χ1) is 15.9. The van der Waals surface area contributed by atoms with Gasteiger partial charge in [0, 0.05) is 24.1 Å². The zero-order valence-corrected chi connectivity index (χ0v) is 18.3. The molecule has 0 aliphatic carbocycles. The second-order valence-electron chi connectivity index (χ2n) is 8.43. The molecular formula is C26H24N4O3. The van der Waals surface area contributed by atoms with Crippen LogP contribution in [-0.4, -0.2) is 17.8 Å². The van der Waals surface area contributed by atoms with Gasteiger partial charge in [0.1, 0.15) is 11.9 Å². The van der Waals surface area contributed by atoms with E-state index in [2.05, 4.69) is 15.6 Å². The number of hydrogen-bond acceptors (Lipinski definition) is 5. The molecule has 33 heavy (non-hydrogen) atoms. The number of fused-ring (bicyclic) bond motifs is 2. The molecule has 0 fully saturated rings. The van der Waals surface area contributed by atoms with Crippen molar-refractivity contribution in [3.05, 3.63) is 83.9 Å². The zero-order chi connectivity index (χ0) is 23.2. The number of benzene rings is 3. The Morgan fingerprint density at radius 2 is 1.82 bits per heavy atom. The number of carbonyl (C=O) groups excluding carboxylic acids is 2. The van der Waals surface area contributed by atoms with Gasteiger partial charge in [-0.3, -0.25) is 14.9 Å². The van der Waals surface area contributed by atoms with E-state index in [1.807, 2.05) is 79.7 Å². The van der Waals surface area contributed by atoms with E-state index in [1.54, 1.807) is 0 Å². The van der Waals surface area contributed by atoms with E-state index < -0.39 is 5.54 Å². The molecule has 7 heteroatoms. The van der Waals surface area contributed by atoms with Crippen LogP contribution in [0.4, 0.5) is 5.69 Å². The maximum Gasteiger partial charge on any atom is 0.259 e. The third-order valence-electron chi connectivity index (χ3n) is 6.29. The van der Waals surface area contributed by atoms with E-state index in [1.165, 1.54) is 6.92 Å². The molecule has 166 valence electrons. The van der Waals surface area contributed by atoms with Gasteiger partial charge in [-0.1, -0.05) is 55.5 Å². The van der Waals surface area contributed by atoms with Crippen LogP contribution < -0.4 is 21.1 Å². The molecule has 0 bridgehead atoms. The SMILES string of the molecule is CC(=O)Nc1cccc(-c2ccc3c(c2)[C@]2(N=C(N)NC2=O)C(C)[C@H](c2ccccc2)O3)c1. The summed E-state index contributed by atoms with van der Waals surface area (Å²) in [5.41, 5.74) is 8.89. The van der Waals surface area contributed by atoms with Gasteiger partial charge in [0.05, 0.1) is 0 Å². The summed E-state index contributed by atoms with van der Waals surface area (Å²) < 4.78 is 6.42. The Balaban J connectivity index is 1.65. The van der Waals surface area contributed by atoms with Gasteiger partial charge in [0.25, 0.3) is 5.91 Å². The highest BCUT2D eigenvalue weighted by Gasteiger charge is 2.56. The van der Waals surface area contributed by atoms with Crippen molar-refractivity contribution < 1.29 is 14.3 Å². The summed E-state index contributed by atoms with van der Waals surface area (Å²) in [6.45, 7) is 3.44. The van der Waals surface area contributed by atoms with Gasteiger partial charge < -0.3 is 15.8 Å². The maximum atomic E-state index is 13.3. The molecule has 1 unspecified atom stereocenters. The zero-order valence-electron chi connectivity index (χ0n) is 18.3. The highest BCUT2D eigenvalue weighted by molar-refractivity contribution is 6.08. The molecule has 7 nitrogen and oxygen atoms in total. The largest absolute Gasteiger partial charge is 0.485 e. The van der Waals surface area contributed by atoms with Crippen molar-refractivity contribution in [1.82, 2.24) is 5.32 Å². The summed E-state index contributed by atoms with van der Waals surface area (Å²) in [5, 5.41) is 5.50. The van der Waals surface area contributed by atoms with Crippen LogP contribution in [0.1, 0.15) is 31.1 Å². The lowest BCUT2D eigenvalue weighted by atomic mass is 9.72. The summed E-state index contributed by atoms with van der Waals surface area (Å²) >= 11 is 0. The van der Waals surface area contributed by atoms with Crippen molar-refractivity contribution in [3.8, 4) is 16.9 Å². The Labute approximate surface area is 191 Å². The van der Waals surface area contributed by atoms with Crippen LogP contribution in [-0.2, 0) is 15.1 Å². The van der Waals surface area contributed by atoms with E-state index in [4.69, 9.17) is 10.5 Å². The van der Waals surface area contributed by atoms with Crippen LogP contribution in [0.5, 0.6) is 5.75 Å². The van der Waals surface area contributed by atoms with Gasteiger partial charge in [-0.15, -0.1) is 0 Å². The van der Waals surface area contributed by atoms with Crippen molar-refractivity contribution in [2.45, 2.75) is 25.5 Å². The molecule has 5 rings (SSSR count). The van der Waals surface area contributed by atoms with Crippen molar-refractivity contribution in [2.24, 2.45) is 16.6 Å². The van der Waals surface area contributed by atoms with Crippen LogP contribution in [0, 0.1) is 5.92 Å². The summed E-state index contributed by atoms with van der Waals surface area (Å²) in [6, 6.07) is 23.1. The molecule has 2 aliphatic heterocycles. The summed E-state index contributed by atoms with van der Waals surface area (Å²) in [6.07, 6.45) is -0.368. The van der Waals surface area contributed by atoms with Gasteiger partial charge in [0.2, 0.25) is 5.91 Å². The highest BCUT2D eigenvalue weighted by atomic mass is 16.5. The number of ether oxygens (including phenoxy) is 1. The predicted octanol–water partition coefficient (Wildman–Crippen LogP) is 3.72. The number of nitrogens with zero attached hydrogens (tertiary/aromatic N) is 1. The fraction of sp³-hybridized carbons (Fsp3) is 0.192. The number of guanidine groups is 1. The number of amides is 2. The molecule has 3 aromatic rings. The molecule has 2 aliphatic rings. The lowest BCUT2D eigenvalue weighted by Gasteiger charge is -2.42. The van der Waals surface area contributed by atoms with Gasteiger partial charge in [0.15, 0.2) is 11.5 Å². The second-order valence-corrected chi connectivity index (χ2v) is 8.43. The molecular weight excluding hydrogens is 416 g/mol. The van der Waals surface area contributed by atoms with Crippen molar-refractivity contribution in [3.63, 3.8) is 0 Å². The summed E-state index contributed by atoms with van der Waals surface area (Å²) in [4.78, 5) is 29.4. The first-order valence-electron chi connectivity index (χ1n) is 10.8. The van der Waals surface area contributed by atoms with Crippen molar-refractivity contribution in [1.29, 1.82) is 0 Å². The lowest BCUT2D eigenvalue weighted by Crippen LogP contribution is -2.48. The molecule has 0 saturated carbocycles. The fourth-order valence-corrected chi connectivity index (χ4v) is 4.76. The first kappa shape index (κ1) is 20.8. The standard InChI is InChI=1S/C26H24N4O3/c1-15-23(17-7-4-3-5-8-17)33-22-12-11-19(18-9-6-10-20(13-18)28-16(2)31)14-21(22)26(15)24(32)29-25(27)30-26/h3-15,23H,1-2H3,(H,28,31)(H3,27,29,30,32)/t15?,23-,26-/m1/s1. The second kappa shape index (κ2) is 7.78. The minimum Gasteiger partial charge on any atom is -0.485 e. The number of nitrogens with one attached hydrogen (secondary N) is 2. The third-order valence-corrected chi connectivity index (χ3v) is 6.29. The molecule has 3 aromatic carbocycles. The van der Waals surface area contributed by atoms with E-state index in [0.717, 1.165) is 16.7 Å². The van der Waals surface area contributed by atoms with Gasteiger partial charge in [-0.2, -0.15) is 0 Å². The van der Waals surface area contributed by atoms with Crippen LogP contribution in [0.3, 0.4) is 0 Å². The molecule has 2 heterocycles. The van der Waals surface area contributed by atoms with E-state index in [0.29, 0.717) is 17.0 Å². The number of rotatable bonds is 3. The fourth-order valence-electron chi connectivity index (χ4n) is 4.76. The first-order valence-corrected chi connectivity index (χ1v) is 10.8. The quantitative estimate of drug-likeness (QED) is 0.577. The Morgan fingerprint density at radius 1 is 1.06 bits per heavy atom. The Hall–Kier alpha value is -4.13. The van der Waals surface area contributed by atoms with Gasteiger partial charge in [-0.05, 0) is 41.0 Å². The van der Waals surface area contributed by atoms with E-state index in [9.17, 15) is 9.59 Å². The molecule has 1 spiro atoms. The topological polar surface area (TPSA) is 106 Å². The Bertz CT molecular complexity index is 1290. The number of aliphatic imine (C=N–C) groups is 1. The monoisotopic (exact) mass is 440 g/mol. The number of carbonyl (C=O) groups is 2. The van der Waals surface area contributed by atoms with Crippen molar-refractivity contribution in [2.75, 3.05) is 5.32 Å². The Morgan fingerprint density at radius 3 is 2.52 bits per heavy atom. The summed E-state index contributed by atoms with van der Waals surface area (Å²) in [5.74, 6) is -0.0170. The van der Waals surface area contributed by atoms with Crippen LogP contribution >= 0.6 is 0 Å². The molecule has 2 amide bonds. The van der Waals surface area contributed by atoms with Gasteiger partial charge in [-0.25, -0.2) is 4.99 Å². The third kappa shape index (κ3) is 3.42. The number of hydrogen-bond donors (Lipinski definition) is 3. The minimum atomic E-state index is -1.20. The van der Waals surface area contributed by atoms with E-state index >= 15 is 0 Å². The Kier molecular flexibility index (Phi) is 4.89. The highest BCUT2D eigenvalue weighted by Crippen LogP contribution is 2.52. The molecule has 4 N–H and O–H groups in total. The van der Waals surface area contributed by atoms with Crippen LogP contribution in [0.25, 0.3) is 11.1 Å².